The van der Waals surface area contributed by atoms with E-state index in [1.165, 1.54) is 0 Å². The lowest BCUT2D eigenvalue weighted by atomic mass is 9.40. The molecule has 0 bridgehead atoms. The molecule has 0 aromatic heterocycles. The minimum Gasteiger partial charge on any atom is -0.462 e. The molecule has 10 atom stereocenters. The summed E-state index contributed by atoms with van der Waals surface area (Å²) in [6.45, 7) is 11.0. The van der Waals surface area contributed by atoms with Crippen LogP contribution in [0.25, 0.3) is 0 Å². The van der Waals surface area contributed by atoms with E-state index in [0.717, 1.165) is 0 Å². The molecular weight excluding hydrogens is 476 g/mol. The van der Waals surface area contributed by atoms with Crippen LogP contribution in [0, 0.1) is 28.6 Å². The van der Waals surface area contributed by atoms with Crippen LogP contribution < -0.4 is 0 Å². The second kappa shape index (κ2) is 9.46. The van der Waals surface area contributed by atoms with Crippen LogP contribution in [0.2, 0.25) is 0 Å². The van der Waals surface area contributed by atoms with E-state index in [0.29, 0.717) is 38.5 Å². The molecule has 4 fully saturated rings. The zero-order chi connectivity index (χ0) is 27.6. The molecule has 4 aliphatic rings. The highest BCUT2D eigenvalue weighted by Gasteiger charge is 2.82. The van der Waals surface area contributed by atoms with Gasteiger partial charge in [-0.2, -0.15) is 0 Å². The minimum atomic E-state index is -1.77. The minimum absolute atomic E-state index is 0.0722. The Labute approximate surface area is 221 Å². The Morgan fingerprint density at radius 1 is 0.946 bits per heavy atom. The molecule has 0 radical (unpaired) electrons. The second-order valence-corrected chi connectivity index (χ2v) is 13.4. The van der Waals surface area contributed by atoms with Crippen molar-refractivity contribution in [1.29, 1.82) is 0 Å². The van der Waals surface area contributed by atoms with Gasteiger partial charge < -0.3 is 29.9 Å². The summed E-state index contributed by atoms with van der Waals surface area (Å²) in [6.07, 6.45) is 1.60. The lowest BCUT2D eigenvalue weighted by Gasteiger charge is -2.69. The Kier molecular flexibility index (Phi) is 7.36. The number of ether oxygens (including phenoxy) is 2. The van der Waals surface area contributed by atoms with Crippen LogP contribution >= 0.6 is 0 Å². The van der Waals surface area contributed by atoms with Crippen molar-refractivity contribution in [3.8, 4) is 0 Å². The molecule has 0 heterocycles. The molecule has 0 saturated heterocycles. The molecule has 37 heavy (non-hydrogen) atoms. The molecule has 4 saturated carbocycles. The summed E-state index contributed by atoms with van der Waals surface area (Å²) in [5.41, 5.74) is -6.82. The number of fused-ring (bicyclic) bond motifs is 5. The third-order valence-corrected chi connectivity index (χ3v) is 11.3. The SMILES string of the molecule is CCC(=O)O[C@@H](C)[C@@]1(O)CC[C@@]2(O)[C@]1(C)[C@@H](OC(=O)CC(C)C)C[C@@H]1[C@]3(C)CC[C@@H](O)C[C@@H]3CC[C@]12O. The Morgan fingerprint density at radius 2 is 1.62 bits per heavy atom. The highest BCUT2D eigenvalue weighted by Crippen LogP contribution is 2.72. The van der Waals surface area contributed by atoms with Gasteiger partial charge in [0.2, 0.25) is 0 Å². The summed E-state index contributed by atoms with van der Waals surface area (Å²) in [6, 6.07) is 0. The maximum Gasteiger partial charge on any atom is 0.306 e. The number of carbonyl (C=O) groups is 2. The standard InChI is InChI=1S/C29H48O8/c1-7-23(31)36-18(4)27(33)12-13-29(35)26(27,6)22(37-24(32)14-17(2)3)16-21-25(5)10-9-20(30)15-19(25)8-11-28(21,29)34/h17-22,30,33-35H,7-16H2,1-6H3/t18-,19-,20+,21+,22-,25+,26+,27-,28-,29+/m0/s1. The summed E-state index contributed by atoms with van der Waals surface area (Å²) < 4.78 is 11.7. The normalized spacial score (nSPS) is 48.0. The van der Waals surface area contributed by atoms with Gasteiger partial charge in [0.15, 0.2) is 0 Å². The van der Waals surface area contributed by atoms with E-state index in [9.17, 15) is 30.0 Å². The van der Waals surface area contributed by atoms with E-state index in [2.05, 4.69) is 6.92 Å². The van der Waals surface area contributed by atoms with Crippen molar-refractivity contribution in [1.82, 2.24) is 0 Å². The van der Waals surface area contributed by atoms with Gasteiger partial charge in [-0.05, 0) is 81.5 Å². The maximum absolute atomic E-state index is 13.0. The van der Waals surface area contributed by atoms with Crippen molar-refractivity contribution in [3.63, 3.8) is 0 Å². The summed E-state index contributed by atoms with van der Waals surface area (Å²) in [4.78, 5) is 25.3. The van der Waals surface area contributed by atoms with Crippen LogP contribution in [-0.2, 0) is 19.1 Å². The van der Waals surface area contributed by atoms with E-state index in [1.54, 1.807) is 20.8 Å². The lowest BCUT2D eigenvalue weighted by Crippen LogP contribution is -2.79. The third kappa shape index (κ3) is 3.99. The van der Waals surface area contributed by atoms with Crippen LogP contribution in [0.3, 0.4) is 0 Å². The van der Waals surface area contributed by atoms with E-state index in [-0.39, 0.29) is 55.0 Å². The Balaban J connectivity index is 1.82. The van der Waals surface area contributed by atoms with Gasteiger partial charge in [0.1, 0.15) is 23.4 Å². The Morgan fingerprint density at radius 3 is 2.24 bits per heavy atom. The van der Waals surface area contributed by atoms with Gasteiger partial charge in [0, 0.05) is 12.8 Å². The van der Waals surface area contributed by atoms with E-state index >= 15 is 0 Å². The average Bonchev–Trinajstić information content (AvgIpc) is 3.05. The molecule has 0 amide bonds. The van der Waals surface area contributed by atoms with Gasteiger partial charge in [0.25, 0.3) is 0 Å². The molecular formula is C29H48O8. The molecule has 0 aromatic rings. The fraction of sp³-hybridized carbons (Fsp3) is 0.931. The van der Waals surface area contributed by atoms with Crippen LogP contribution in [0.15, 0.2) is 0 Å². The van der Waals surface area contributed by atoms with Crippen LogP contribution in [0.5, 0.6) is 0 Å². The second-order valence-electron chi connectivity index (χ2n) is 13.4. The number of esters is 2. The van der Waals surface area contributed by atoms with Gasteiger partial charge in [-0.25, -0.2) is 0 Å². The van der Waals surface area contributed by atoms with Crippen LogP contribution in [0.1, 0.15) is 106 Å². The predicted octanol–water partition coefficient (Wildman–Crippen LogP) is 3.26. The summed E-state index contributed by atoms with van der Waals surface area (Å²) in [5, 5.41) is 47.8. The first-order chi connectivity index (χ1) is 17.1. The largest absolute Gasteiger partial charge is 0.462 e. The van der Waals surface area contributed by atoms with Gasteiger partial charge in [0.05, 0.1) is 17.1 Å². The van der Waals surface area contributed by atoms with Crippen molar-refractivity contribution >= 4 is 11.9 Å². The average molecular weight is 525 g/mol. The number of aliphatic hydroxyl groups is 4. The zero-order valence-corrected chi connectivity index (χ0v) is 23.5. The van der Waals surface area contributed by atoms with Crippen molar-refractivity contribution in [2.24, 2.45) is 28.6 Å². The van der Waals surface area contributed by atoms with Crippen LogP contribution in [0.4, 0.5) is 0 Å². The Hall–Kier alpha value is -1.22. The highest BCUT2D eigenvalue weighted by atomic mass is 16.6. The molecule has 8 nitrogen and oxygen atoms in total. The number of aliphatic hydroxyl groups excluding tert-OH is 1. The first-order valence-electron chi connectivity index (χ1n) is 14.3. The first kappa shape index (κ1) is 28.8. The lowest BCUT2D eigenvalue weighted by molar-refractivity contribution is -0.342. The molecule has 0 aliphatic heterocycles. The third-order valence-electron chi connectivity index (χ3n) is 11.3. The number of rotatable bonds is 6. The molecule has 4 N–H and O–H groups in total. The monoisotopic (exact) mass is 524 g/mol. The molecule has 0 spiro atoms. The van der Waals surface area contributed by atoms with Gasteiger partial charge in [-0.3, -0.25) is 9.59 Å². The zero-order valence-electron chi connectivity index (χ0n) is 23.5. The first-order valence-corrected chi connectivity index (χ1v) is 14.3. The molecule has 0 aromatic carbocycles. The fourth-order valence-electron chi connectivity index (χ4n) is 9.00. The number of hydrogen-bond donors (Lipinski definition) is 4. The van der Waals surface area contributed by atoms with E-state index in [1.807, 2.05) is 13.8 Å². The highest BCUT2D eigenvalue weighted by molar-refractivity contribution is 5.70. The van der Waals surface area contributed by atoms with Crippen molar-refractivity contribution in [2.45, 2.75) is 141 Å². The van der Waals surface area contributed by atoms with Crippen LogP contribution in [-0.4, -0.2) is 67.5 Å². The van der Waals surface area contributed by atoms with E-state index in [4.69, 9.17) is 9.47 Å². The van der Waals surface area contributed by atoms with Gasteiger partial charge >= 0.3 is 11.9 Å². The quantitative estimate of drug-likeness (QED) is 0.389. The van der Waals surface area contributed by atoms with Crippen molar-refractivity contribution in [2.75, 3.05) is 0 Å². The summed E-state index contributed by atoms with van der Waals surface area (Å²) in [7, 11) is 0. The van der Waals surface area contributed by atoms with Crippen molar-refractivity contribution in [3.05, 3.63) is 0 Å². The molecule has 212 valence electrons. The molecule has 4 aliphatic carbocycles. The molecule has 0 unspecified atom stereocenters. The fourth-order valence-corrected chi connectivity index (χ4v) is 9.00. The van der Waals surface area contributed by atoms with E-state index < -0.39 is 46.4 Å². The maximum atomic E-state index is 13.0. The topological polar surface area (TPSA) is 134 Å². The number of hydrogen-bond acceptors (Lipinski definition) is 8. The van der Waals surface area contributed by atoms with Gasteiger partial charge in [-0.15, -0.1) is 0 Å². The molecule has 4 rings (SSSR count). The number of carbonyl (C=O) groups excluding carboxylic acids is 2. The smallest absolute Gasteiger partial charge is 0.306 e. The van der Waals surface area contributed by atoms with Gasteiger partial charge in [-0.1, -0.05) is 34.6 Å². The predicted molar refractivity (Wildman–Crippen MR) is 136 cm³/mol. The summed E-state index contributed by atoms with van der Waals surface area (Å²) >= 11 is 0. The Bertz CT molecular complexity index is 906. The summed E-state index contributed by atoms with van der Waals surface area (Å²) in [5.74, 6) is -0.987. The van der Waals surface area contributed by atoms with Crippen molar-refractivity contribution < 1.29 is 39.5 Å². The molecule has 8 heteroatoms.